The molecule has 2 aromatic carbocycles. The molecule has 3 aliphatic rings. The summed E-state index contributed by atoms with van der Waals surface area (Å²) >= 11 is 0. The largest absolute Gasteiger partial charge is 0.481 e. The van der Waals surface area contributed by atoms with E-state index in [2.05, 4.69) is 34.9 Å². The minimum absolute atomic E-state index is 0.0382. The highest BCUT2D eigenvalue weighted by molar-refractivity contribution is 5.79. The second-order valence-corrected chi connectivity index (χ2v) is 10.3. The monoisotopic (exact) mass is 476 g/mol. The van der Waals surface area contributed by atoms with E-state index in [1.54, 1.807) is 0 Å². The molecule has 2 aromatic rings. The molecule has 2 amide bonds. The number of carbonyl (C=O) groups is 3. The van der Waals surface area contributed by atoms with Gasteiger partial charge in [0, 0.05) is 31.3 Å². The third-order valence-electron chi connectivity index (χ3n) is 7.76. The van der Waals surface area contributed by atoms with Crippen LogP contribution in [0.25, 0.3) is 11.1 Å². The molecule has 0 radical (unpaired) electrons. The van der Waals surface area contributed by atoms with Crippen LogP contribution in [0, 0.1) is 17.8 Å². The van der Waals surface area contributed by atoms with Crippen molar-refractivity contribution in [1.29, 1.82) is 0 Å². The summed E-state index contributed by atoms with van der Waals surface area (Å²) in [7, 11) is 0. The van der Waals surface area contributed by atoms with Gasteiger partial charge in [0.15, 0.2) is 0 Å². The van der Waals surface area contributed by atoms with Crippen molar-refractivity contribution in [3.63, 3.8) is 0 Å². The summed E-state index contributed by atoms with van der Waals surface area (Å²) in [6, 6.07) is 16.6. The Morgan fingerprint density at radius 3 is 2.06 bits per heavy atom. The smallest absolute Gasteiger partial charge is 0.407 e. The van der Waals surface area contributed by atoms with Crippen molar-refractivity contribution >= 4 is 18.0 Å². The molecule has 7 nitrogen and oxygen atoms in total. The lowest BCUT2D eigenvalue weighted by Crippen LogP contribution is -2.46. The Morgan fingerprint density at radius 1 is 0.829 bits per heavy atom. The van der Waals surface area contributed by atoms with E-state index in [-0.39, 0.29) is 36.1 Å². The van der Waals surface area contributed by atoms with E-state index in [1.807, 2.05) is 24.3 Å². The maximum atomic E-state index is 12.4. The fraction of sp³-hybridized carbons (Fsp3) is 0.464. The fourth-order valence-corrected chi connectivity index (χ4v) is 5.87. The van der Waals surface area contributed by atoms with Gasteiger partial charge in [-0.3, -0.25) is 9.59 Å². The van der Waals surface area contributed by atoms with Gasteiger partial charge in [0.05, 0.1) is 0 Å². The molecule has 2 saturated carbocycles. The van der Waals surface area contributed by atoms with Gasteiger partial charge in [0.1, 0.15) is 6.61 Å². The van der Waals surface area contributed by atoms with Gasteiger partial charge < -0.3 is 20.5 Å². The SMILES string of the molecule is O=C(O)CC1CC(CNC(=O)CC2CC(NC(=O)OCC3c4ccccc4-c4ccccc43)C2)C1. The summed E-state index contributed by atoms with van der Waals surface area (Å²) < 4.78 is 5.61. The number of hydrogen-bond donors (Lipinski definition) is 3. The molecular formula is C28H32N2O5. The van der Waals surface area contributed by atoms with Crippen LogP contribution in [0.4, 0.5) is 4.79 Å². The first-order chi connectivity index (χ1) is 17.0. The van der Waals surface area contributed by atoms with Crippen LogP contribution in [0.5, 0.6) is 0 Å². The molecule has 0 atom stereocenters. The van der Waals surface area contributed by atoms with Gasteiger partial charge in [-0.1, -0.05) is 48.5 Å². The molecule has 0 heterocycles. The van der Waals surface area contributed by atoms with Crippen LogP contribution in [0.15, 0.2) is 48.5 Å². The van der Waals surface area contributed by atoms with Gasteiger partial charge >= 0.3 is 12.1 Å². The minimum atomic E-state index is -0.747. The molecule has 0 unspecified atom stereocenters. The van der Waals surface area contributed by atoms with Crippen LogP contribution in [0.1, 0.15) is 55.6 Å². The highest BCUT2D eigenvalue weighted by Crippen LogP contribution is 2.44. The number of hydrogen-bond acceptors (Lipinski definition) is 4. The maximum absolute atomic E-state index is 12.4. The molecule has 184 valence electrons. The predicted molar refractivity (Wildman–Crippen MR) is 131 cm³/mol. The Kier molecular flexibility index (Phi) is 6.75. The van der Waals surface area contributed by atoms with Crippen molar-refractivity contribution in [3.8, 4) is 11.1 Å². The molecule has 7 heteroatoms. The van der Waals surface area contributed by atoms with Crippen molar-refractivity contribution in [2.75, 3.05) is 13.2 Å². The van der Waals surface area contributed by atoms with Gasteiger partial charge in [0.25, 0.3) is 0 Å². The predicted octanol–water partition coefficient (Wildman–Crippen LogP) is 4.31. The average molecular weight is 477 g/mol. The molecule has 5 rings (SSSR count). The van der Waals surface area contributed by atoms with E-state index in [9.17, 15) is 14.4 Å². The molecule has 0 spiro atoms. The van der Waals surface area contributed by atoms with E-state index in [1.165, 1.54) is 22.3 Å². The van der Waals surface area contributed by atoms with Gasteiger partial charge in [-0.25, -0.2) is 4.79 Å². The quantitative estimate of drug-likeness (QED) is 0.500. The van der Waals surface area contributed by atoms with E-state index in [0.717, 1.165) is 25.7 Å². The summed E-state index contributed by atoms with van der Waals surface area (Å²) in [6.07, 6.45) is 3.60. The van der Waals surface area contributed by atoms with Gasteiger partial charge in [-0.15, -0.1) is 0 Å². The average Bonchev–Trinajstić information content (AvgIpc) is 3.11. The van der Waals surface area contributed by atoms with Gasteiger partial charge in [-0.05, 0) is 65.7 Å². The summed E-state index contributed by atoms with van der Waals surface area (Å²) in [4.78, 5) is 35.3. The Balaban J connectivity index is 0.993. The Bertz CT molecular complexity index is 1060. The zero-order valence-corrected chi connectivity index (χ0v) is 19.7. The molecular weight excluding hydrogens is 444 g/mol. The zero-order chi connectivity index (χ0) is 24.4. The number of amides is 2. The highest BCUT2D eigenvalue weighted by atomic mass is 16.5. The number of fused-ring (bicyclic) bond motifs is 3. The van der Waals surface area contributed by atoms with Crippen molar-refractivity contribution in [2.45, 2.75) is 50.5 Å². The second kappa shape index (κ2) is 10.1. The van der Waals surface area contributed by atoms with Crippen molar-refractivity contribution in [1.82, 2.24) is 10.6 Å². The van der Waals surface area contributed by atoms with Gasteiger partial charge in [-0.2, -0.15) is 0 Å². The lowest BCUT2D eigenvalue weighted by molar-refractivity contribution is -0.139. The Labute approximate surface area is 205 Å². The standard InChI is InChI=1S/C28H32N2O5/c31-26(29-15-19-9-17(10-19)14-27(32)33)13-18-11-20(12-18)30-28(34)35-16-25-23-7-3-1-5-21(23)22-6-2-4-8-24(22)25/h1-8,17-20,25H,9-16H2,(H,29,31)(H,30,34)(H,32,33). The number of carboxylic acids is 1. The number of ether oxygens (including phenoxy) is 1. The van der Waals surface area contributed by atoms with E-state index in [0.29, 0.717) is 25.5 Å². The number of aliphatic carboxylic acids is 1. The number of nitrogens with one attached hydrogen (secondary N) is 2. The van der Waals surface area contributed by atoms with E-state index < -0.39 is 12.1 Å². The minimum Gasteiger partial charge on any atom is -0.481 e. The first kappa shape index (κ1) is 23.4. The number of alkyl carbamates (subject to hydrolysis) is 1. The Hall–Kier alpha value is -3.35. The Morgan fingerprint density at radius 2 is 1.43 bits per heavy atom. The van der Waals surface area contributed by atoms with Crippen LogP contribution < -0.4 is 10.6 Å². The van der Waals surface area contributed by atoms with Gasteiger partial charge in [0.2, 0.25) is 5.91 Å². The third-order valence-corrected chi connectivity index (χ3v) is 7.76. The van der Waals surface area contributed by atoms with E-state index >= 15 is 0 Å². The summed E-state index contributed by atoms with van der Waals surface area (Å²) in [5, 5.41) is 14.7. The van der Waals surface area contributed by atoms with Crippen LogP contribution >= 0.6 is 0 Å². The number of carboxylic acid groups (broad SMARTS) is 1. The van der Waals surface area contributed by atoms with E-state index in [4.69, 9.17) is 9.84 Å². The molecule has 0 bridgehead atoms. The normalized spacial score (nSPS) is 24.3. The summed E-state index contributed by atoms with van der Waals surface area (Å²) in [5.74, 6) is 0.259. The maximum Gasteiger partial charge on any atom is 0.407 e. The summed E-state index contributed by atoms with van der Waals surface area (Å²) in [6.45, 7) is 0.927. The lowest BCUT2D eigenvalue weighted by atomic mass is 9.73. The molecule has 35 heavy (non-hydrogen) atoms. The molecule has 0 aliphatic heterocycles. The van der Waals surface area contributed by atoms with Crippen molar-refractivity contribution in [3.05, 3.63) is 59.7 Å². The fourth-order valence-electron chi connectivity index (χ4n) is 5.87. The summed E-state index contributed by atoms with van der Waals surface area (Å²) in [5.41, 5.74) is 4.79. The number of benzene rings is 2. The van der Waals surface area contributed by atoms with Crippen molar-refractivity contribution in [2.24, 2.45) is 17.8 Å². The van der Waals surface area contributed by atoms with Crippen LogP contribution in [-0.2, 0) is 14.3 Å². The highest BCUT2D eigenvalue weighted by Gasteiger charge is 2.34. The molecule has 0 saturated heterocycles. The van der Waals surface area contributed by atoms with Crippen LogP contribution in [0.2, 0.25) is 0 Å². The molecule has 0 aromatic heterocycles. The molecule has 2 fully saturated rings. The third kappa shape index (κ3) is 5.34. The molecule has 3 N–H and O–H groups in total. The number of carbonyl (C=O) groups excluding carboxylic acids is 2. The topological polar surface area (TPSA) is 105 Å². The molecule has 3 aliphatic carbocycles. The lowest BCUT2D eigenvalue weighted by Gasteiger charge is -2.36. The van der Waals surface area contributed by atoms with Crippen LogP contribution in [0.3, 0.4) is 0 Å². The number of rotatable bonds is 9. The second-order valence-electron chi connectivity index (χ2n) is 10.3. The zero-order valence-electron chi connectivity index (χ0n) is 19.7. The first-order valence-electron chi connectivity index (χ1n) is 12.6. The van der Waals surface area contributed by atoms with Crippen molar-refractivity contribution < 1.29 is 24.2 Å². The first-order valence-corrected chi connectivity index (χ1v) is 12.6. The van der Waals surface area contributed by atoms with Crippen LogP contribution in [-0.4, -0.2) is 42.3 Å².